The molecule has 21 heavy (non-hydrogen) atoms. The molecule has 1 saturated heterocycles. The minimum absolute atomic E-state index is 0.0565. The quantitative estimate of drug-likeness (QED) is 0.831. The van der Waals surface area contributed by atoms with E-state index in [0.29, 0.717) is 19.6 Å². The number of carboxylic acid groups (broad SMARTS) is 1. The number of nitrogens with zero attached hydrogens (tertiary/aromatic N) is 1. The first-order chi connectivity index (χ1) is 10.1. The Morgan fingerprint density at radius 3 is 2.67 bits per heavy atom. The number of morpholine rings is 1. The maximum atomic E-state index is 12.6. The predicted molar refractivity (Wildman–Crippen MR) is 76.0 cm³/mol. The van der Waals surface area contributed by atoms with Crippen molar-refractivity contribution in [1.82, 2.24) is 4.90 Å². The van der Waals surface area contributed by atoms with Gasteiger partial charge in [-0.15, -0.1) is 0 Å². The van der Waals surface area contributed by atoms with Gasteiger partial charge in [-0.25, -0.2) is 4.79 Å². The van der Waals surface area contributed by atoms with Gasteiger partial charge in [0, 0.05) is 6.54 Å². The Labute approximate surface area is 125 Å². The van der Waals surface area contributed by atoms with E-state index in [4.69, 9.17) is 9.47 Å². The molecule has 1 aliphatic carbocycles. The first-order valence-corrected chi connectivity index (χ1v) is 7.90. The van der Waals surface area contributed by atoms with Crippen LogP contribution in [-0.2, 0) is 19.1 Å². The summed E-state index contributed by atoms with van der Waals surface area (Å²) in [6.07, 6.45) is 5.68. The highest BCUT2D eigenvalue weighted by atomic mass is 16.5. The lowest BCUT2D eigenvalue weighted by Gasteiger charge is -2.36. The maximum absolute atomic E-state index is 12.6. The van der Waals surface area contributed by atoms with E-state index in [1.54, 1.807) is 0 Å². The van der Waals surface area contributed by atoms with Crippen LogP contribution in [0.5, 0.6) is 0 Å². The number of carbonyl (C=O) groups excluding carboxylic acids is 1. The molecule has 0 aromatic rings. The molecule has 2 aliphatic rings. The first-order valence-electron chi connectivity index (χ1n) is 7.90. The Balaban J connectivity index is 1.98. The molecule has 120 valence electrons. The van der Waals surface area contributed by atoms with Gasteiger partial charge in [-0.1, -0.05) is 26.2 Å². The van der Waals surface area contributed by atoms with E-state index in [-0.39, 0.29) is 18.6 Å². The molecular formula is C15H25NO5. The predicted octanol–water partition coefficient (Wildman–Crippen LogP) is 1.43. The fraction of sp³-hybridized carbons (Fsp3) is 0.867. The van der Waals surface area contributed by atoms with Gasteiger partial charge in [0.2, 0.25) is 0 Å². The minimum Gasteiger partial charge on any atom is -0.480 e. The van der Waals surface area contributed by atoms with Crippen molar-refractivity contribution in [3.05, 3.63) is 0 Å². The number of amides is 1. The molecule has 1 heterocycles. The van der Waals surface area contributed by atoms with Gasteiger partial charge in [0.15, 0.2) is 6.04 Å². The van der Waals surface area contributed by atoms with Gasteiger partial charge < -0.3 is 19.5 Å². The van der Waals surface area contributed by atoms with Crippen LogP contribution in [0, 0.1) is 0 Å². The van der Waals surface area contributed by atoms with Crippen molar-refractivity contribution in [2.45, 2.75) is 63.7 Å². The summed E-state index contributed by atoms with van der Waals surface area (Å²) in [5.74, 6) is -1.23. The highest BCUT2D eigenvalue weighted by Gasteiger charge is 2.36. The van der Waals surface area contributed by atoms with E-state index in [1.165, 1.54) is 11.3 Å². The summed E-state index contributed by atoms with van der Waals surface area (Å²) in [6.45, 7) is 2.66. The molecule has 1 aliphatic heterocycles. The third-order valence-electron chi connectivity index (χ3n) is 4.25. The van der Waals surface area contributed by atoms with Gasteiger partial charge in [-0.2, -0.15) is 0 Å². The molecule has 0 aromatic carbocycles. The molecule has 0 radical (unpaired) electrons. The van der Waals surface area contributed by atoms with E-state index in [1.807, 2.05) is 6.92 Å². The number of hydrogen-bond donors (Lipinski definition) is 1. The largest absolute Gasteiger partial charge is 0.480 e. The van der Waals surface area contributed by atoms with Gasteiger partial charge in [0.1, 0.15) is 6.10 Å². The molecule has 0 aromatic heterocycles. The Hall–Kier alpha value is -1.14. The summed E-state index contributed by atoms with van der Waals surface area (Å²) in [5, 5.41) is 9.22. The number of carbonyl (C=O) groups is 2. The fourth-order valence-electron chi connectivity index (χ4n) is 3.02. The lowest BCUT2D eigenvalue weighted by Crippen LogP contribution is -2.56. The Bertz CT molecular complexity index is 367. The minimum atomic E-state index is -1.02. The van der Waals surface area contributed by atoms with Crippen LogP contribution >= 0.6 is 0 Å². The van der Waals surface area contributed by atoms with Crippen LogP contribution in [0.4, 0.5) is 0 Å². The van der Waals surface area contributed by atoms with E-state index in [2.05, 4.69) is 0 Å². The second-order valence-corrected chi connectivity index (χ2v) is 5.75. The van der Waals surface area contributed by atoms with Gasteiger partial charge in [-0.05, 0) is 19.3 Å². The van der Waals surface area contributed by atoms with Crippen molar-refractivity contribution in [2.75, 3.05) is 19.8 Å². The summed E-state index contributed by atoms with van der Waals surface area (Å²) in [5.41, 5.74) is 0. The van der Waals surface area contributed by atoms with Gasteiger partial charge in [0.25, 0.3) is 5.91 Å². The van der Waals surface area contributed by atoms with Crippen LogP contribution in [0.3, 0.4) is 0 Å². The van der Waals surface area contributed by atoms with Crippen LogP contribution in [0.2, 0.25) is 0 Å². The third-order valence-corrected chi connectivity index (χ3v) is 4.25. The third kappa shape index (κ3) is 4.17. The normalized spacial score (nSPS) is 25.6. The van der Waals surface area contributed by atoms with Crippen LogP contribution in [0.25, 0.3) is 0 Å². The standard InChI is InChI=1S/C15H25NO5/c1-2-13(21-11-6-4-3-5-7-11)14(17)16-8-9-20-10-12(16)15(18)19/h11-13H,2-10H2,1H3,(H,18,19). The van der Waals surface area contributed by atoms with Gasteiger partial charge in [-0.3, -0.25) is 4.79 Å². The molecule has 0 spiro atoms. The molecule has 1 saturated carbocycles. The zero-order chi connectivity index (χ0) is 15.2. The average Bonchev–Trinajstić information content (AvgIpc) is 2.53. The molecule has 0 bridgehead atoms. The summed E-state index contributed by atoms with van der Waals surface area (Å²) in [7, 11) is 0. The molecule has 1 amide bonds. The topological polar surface area (TPSA) is 76.1 Å². The summed E-state index contributed by atoms with van der Waals surface area (Å²) in [6, 6.07) is -0.893. The maximum Gasteiger partial charge on any atom is 0.328 e. The zero-order valence-corrected chi connectivity index (χ0v) is 12.6. The molecule has 2 unspecified atom stereocenters. The molecular weight excluding hydrogens is 274 g/mol. The number of carboxylic acids is 1. The first kappa shape index (κ1) is 16.2. The van der Waals surface area contributed by atoms with E-state index in [9.17, 15) is 14.7 Å². The number of ether oxygens (including phenoxy) is 2. The van der Waals surface area contributed by atoms with E-state index >= 15 is 0 Å². The lowest BCUT2D eigenvalue weighted by atomic mass is 9.97. The van der Waals surface area contributed by atoms with E-state index < -0.39 is 18.1 Å². The van der Waals surface area contributed by atoms with Crippen molar-refractivity contribution in [1.29, 1.82) is 0 Å². The van der Waals surface area contributed by atoms with Gasteiger partial charge >= 0.3 is 5.97 Å². The number of aliphatic carboxylic acids is 1. The van der Waals surface area contributed by atoms with Crippen molar-refractivity contribution in [3.8, 4) is 0 Å². The van der Waals surface area contributed by atoms with E-state index in [0.717, 1.165) is 25.7 Å². The van der Waals surface area contributed by atoms with Crippen LogP contribution in [0.1, 0.15) is 45.4 Å². The van der Waals surface area contributed by atoms with Gasteiger partial charge in [0.05, 0.1) is 19.3 Å². The molecule has 6 heteroatoms. The highest BCUT2D eigenvalue weighted by molar-refractivity contribution is 5.86. The molecule has 2 rings (SSSR count). The Morgan fingerprint density at radius 2 is 2.05 bits per heavy atom. The van der Waals surface area contributed by atoms with Crippen molar-refractivity contribution >= 4 is 11.9 Å². The van der Waals surface area contributed by atoms with Crippen molar-refractivity contribution < 1.29 is 24.2 Å². The highest BCUT2D eigenvalue weighted by Crippen LogP contribution is 2.23. The Kier molecular flexibility index (Phi) is 5.99. The van der Waals surface area contributed by atoms with Crippen molar-refractivity contribution in [2.24, 2.45) is 0 Å². The molecule has 6 nitrogen and oxygen atoms in total. The SMILES string of the molecule is CCC(OC1CCCCC1)C(=O)N1CCOCC1C(=O)O. The summed E-state index contributed by atoms with van der Waals surface area (Å²) >= 11 is 0. The summed E-state index contributed by atoms with van der Waals surface area (Å²) in [4.78, 5) is 25.3. The smallest absolute Gasteiger partial charge is 0.328 e. The zero-order valence-electron chi connectivity index (χ0n) is 12.6. The second-order valence-electron chi connectivity index (χ2n) is 5.75. The lowest BCUT2D eigenvalue weighted by molar-refractivity contribution is -0.167. The van der Waals surface area contributed by atoms with Crippen LogP contribution in [-0.4, -0.2) is 59.9 Å². The number of rotatable bonds is 5. The van der Waals surface area contributed by atoms with Crippen LogP contribution < -0.4 is 0 Å². The Morgan fingerprint density at radius 1 is 1.33 bits per heavy atom. The monoisotopic (exact) mass is 299 g/mol. The molecule has 2 atom stereocenters. The summed E-state index contributed by atoms with van der Waals surface area (Å²) < 4.78 is 11.1. The second kappa shape index (κ2) is 7.75. The molecule has 1 N–H and O–H groups in total. The van der Waals surface area contributed by atoms with Crippen LogP contribution in [0.15, 0.2) is 0 Å². The fourth-order valence-corrected chi connectivity index (χ4v) is 3.02. The van der Waals surface area contributed by atoms with Crippen molar-refractivity contribution in [3.63, 3.8) is 0 Å². The average molecular weight is 299 g/mol. The number of hydrogen-bond acceptors (Lipinski definition) is 4. The molecule has 2 fully saturated rings.